The van der Waals surface area contributed by atoms with Gasteiger partial charge in [0.2, 0.25) is 0 Å². The molecule has 2 aromatic heterocycles. The molecule has 0 spiro atoms. The summed E-state index contributed by atoms with van der Waals surface area (Å²) in [5, 5.41) is 7.51. The van der Waals surface area contributed by atoms with Gasteiger partial charge in [0, 0.05) is 18.2 Å². The van der Waals surface area contributed by atoms with E-state index in [0.29, 0.717) is 41.4 Å². The Morgan fingerprint density at radius 3 is 3.05 bits per heavy atom. The molecule has 3 N–H and O–H groups in total. The molecule has 0 unspecified atom stereocenters. The molecule has 2 aromatic rings. The first-order valence-electron chi connectivity index (χ1n) is 6.96. The largest absolute Gasteiger partial charge is 0.352 e. The minimum absolute atomic E-state index is 0.112. The smallest absolute Gasteiger partial charge is 0.259 e. The van der Waals surface area contributed by atoms with Gasteiger partial charge in [-0.3, -0.25) is 4.79 Å². The number of nitrogens with zero attached hydrogens (tertiary/aromatic N) is 2. The molecule has 3 rings (SSSR count). The summed E-state index contributed by atoms with van der Waals surface area (Å²) in [5.41, 5.74) is 8.12. The van der Waals surface area contributed by atoms with Gasteiger partial charge in [-0.25, -0.2) is 4.98 Å². The van der Waals surface area contributed by atoms with Crippen molar-refractivity contribution in [2.24, 2.45) is 5.73 Å². The van der Waals surface area contributed by atoms with Gasteiger partial charge in [0.25, 0.3) is 11.6 Å². The third-order valence-electron chi connectivity index (χ3n) is 3.54. The summed E-state index contributed by atoms with van der Waals surface area (Å²) in [5.74, 6) is 0.347. The van der Waals surface area contributed by atoms with Crippen molar-refractivity contribution in [1.82, 2.24) is 15.5 Å². The molecule has 1 aliphatic rings. The van der Waals surface area contributed by atoms with Crippen LogP contribution in [0.1, 0.15) is 46.9 Å². The van der Waals surface area contributed by atoms with Gasteiger partial charge in [-0.05, 0) is 38.8 Å². The van der Waals surface area contributed by atoms with Crippen LogP contribution in [0, 0.1) is 6.92 Å². The lowest BCUT2D eigenvalue weighted by atomic mass is 10.1. The molecule has 20 heavy (non-hydrogen) atoms. The van der Waals surface area contributed by atoms with Crippen LogP contribution in [0.15, 0.2) is 10.6 Å². The predicted octanol–water partition coefficient (Wildman–Crippen LogP) is 1.49. The summed E-state index contributed by atoms with van der Waals surface area (Å²) in [7, 11) is 0. The Balaban J connectivity index is 1.97. The zero-order valence-corrected chi connectivity index (χ0v) is 11.5. The molecule has 1 saturated carbocycles. The van der Waals surface area contributed by atoms with Gasteiger partial charge in [0.15, 0.2) is 0 Å². The highest BCUT2D eigenvalue weighted by molar-refractivity contribution is 6.06. The van der Waals surface area contributed by atoms with Gasteiger partial charge >= 0.3 is 0 Å². The maximum Gasteiger partial charge on any atom is 0.259 e. The number of hydrogen-bond donors (Lipinski definition) is 2. The van der Waals surface area contributed by atoms with E-state index in [1.807, 2.05) is 13.0 Å². The first kappa shape index (κ1) is 13.1. The number of aryl methyl sites for hydroxylation is 1. The second kappa shape index (κ2) is 5.20. The van der Waals surface area contributed by atoms with Crippen molar-refractivity contribution in [2.45, 2.75) is 32.1 Å². The highest BCUT2D eigenvalue weighted by atomic mass is 16.5. The van der Waals surface area contributed by atoms with Gasteiger partial charge in [0.05, 0.1) is 16.6 Å². The number of carbonyl (C=O) groups excluding carboxylic acids is 1. The maximum atomic E-state index is 12.3. The molecule has 6 nitrogen and oxygen atoms in total. The van der Waals surface area contributed by atoms with Crippen LogP contribution in [-0.4, -0.2) is 29.1 Å². The summed E-state index contributed by atoms with van der Waals surface area (Å²) >= 11 is 0. The maximum absolute atomic E-state index is 12.3. The van der Waals surface area contributed by atoms with Gasteiger partial charge in [-0.1, -0.05) is 5.16 Å². The molecule has 0 saturated heterocycles. The Bertz CT molecular complexity index is 646. The average Bonchev–Trinajstić information content (AvgIpc) is 3.23. The first-order chi connectivity index (χ1) is 9.70. The topological polar surface area (TPSA) is 94.0 Å². The Labute approximate surface area is 116 Å². The fourth-order valence-corrected chi connectivity index (χ4v) is 2.28. The van der Waals surface area contributed by atoms with Gasteiger partial charge in [-0.2, -0.15) is 0 Å². The normalized spacial score (nSPS) is 14.7. The quantitative estimate of drug-likeness (QED) is 0.805. The molecule has 0 atom stereocenters. The SMILES string of the molecule is Cc1noc2nc(C3CC3)cc(C(=O)NCCCN)c12. The fraction of sp³-hybridized carbons (Fsp3) is 0.500. The highest BCUT2D eigenvalue weighted by Gasteiger charge is 2.28. The van der Waals surface area contributed by atoms with E-state index in [9.17, 15) is 4.79 Å². The molecular formula is C14H18N4O2. The van der Waals surface area contributed by atoms with Crippen LogP contribution in [0.3, 0.4) is 0 Å². The lowest BCUT2D eigenvalue weighted by Crippen LogP contribution is -2.26. The van der Waals surface area contributed by atoms with Crippen molar-refractivity contribution in [3.8, 4) is 0 Å². The van der Waals surface area contributed by atoms with Crippen molar-refractivity contribution in [1.29, 1.82) is 0 Å². The lowest BCUT2D eigenvalue weighted by Gasteiger charge is -2.07. The molecule has 2 heterocycles. The summed E-state index contributed by atoms with van der Waals surface area (Å²) in [6.07, 6.45) is 3.01. The van der Waals surface area contributed by atoms with Crippen LogP contribution >= 0.6 is 0 Å². The Morgan fingerprint density at radius 2 is 2.35 bits per heavy atom. The van der Waals surface area contributed by atoms with E-state index >= 15 is 0 Å². The van der Waals surface area contributed by atoms with E-state index in [0.717, 1.165) is 25.0 Å². The molecule has 0 aliphatic heterocycles. The highest BCUT2D eigenvalue weighted by Crippen LogP contribution is 2.40. The average molecular weight is 274 g/mol. The number of fused-ring (bicyclic) bond motifs is 1. The minimum atomic E-state index is -0.112. The first-order valence-corrected chi connectivity index (χ1v) is 6.96. The molecule has 106 valence electrons. The Hall–Kier alpha value is -1.95. The standard InChI is InChI=1S/C14H18N4O2/c1-8-12-10(13(19)16-6-2-5-15)7-11(9-3-4-9)17-14(12)20-18-8/h7,9H,2-6,15H2,1H3,(H,16,19). The lowest BCUT2D eigenvalue weighted by molar-refractivity contribution is 0.0955. The fourth-order valence-electron chi connectivity index (χ4n) is 2.28. The number of rotatable bonds is 5. The number of amides is 1. The number of nitrogens with two attached hydrogens (primary N) is 1. The number of nitrogens with one attached hydrogen (secondary N) is 1. The van der Waals surface area contributed by atoms with Crippen LogP contribution in [0.25, 0.3) is 11.1 Å². The van der Waals surface area contributed by atoms with Crippen molar-refractivity contribution < 1.29 is 9.32 Å². The van der Waals surface area contributed by atoms with Crippen LogP contribution in [-0.2, 0) is 0 Å². The molecule has 0 aromatic carbocycles. The third kappa shape index (κ3) is 2.38. The summed E-state index contributed by atoms with van der Waals surface area (Å²) in [4.78, 5) is 16.8. The Morgan fingerprint density at radius 1 is 1.55 bits per heavy atom. The second-order valence-corrected chi connectivity index (χ2v) is 5.22. The van der Waals surface area contributed by atoms with Crippen molar-refractivity contribution in [2.75, 3.05) is 13.1 Å². The predicted molar refractivity (Wildman–Crippen MR) is 74.5 cm³/mol. The van der Waals surface area contributed by atoms with E-state index in [2.05, 4.69) is 15.5 Å². The van der Waals surface area contributed by atoms with Gasteiger partial charge in [0.1, 0.15) is 0 Å². The van der Waals surface area contributed by atoms with Gasteiger partial charge < -0.3 is 15.6 Å². The molecule has 1 amide bonds. The van der Waals surface area contributed by atoms with Crippen molar-refractivity contribution in [3.05, 3.63) is 23.0 Å². The third-order valence-corrected chi connectivity index (χ3v) is 3.54. The molecule has 6 heteroatoms. The number of carbonyl (C=O) groups is 1. The van der Waals surface area contributed by atoms with E-state index < -0.39 is 0 Å². The second-order valence-electron chi connectivity index (χ2n) is 5.22. The Kier molecular flexibility index (Phi) is 3.40. The molecular weight excluding hydrogens is 256 g/mol. The zero-order valence-electron chi connectivity index (χ0n) is 11.5. The van der Waals surface area contributed by atoms with Crippen LogP contribution in [0.5, 0.6) is 0 Å². The van der Waals surface area contributed by atoms with Crippen LogP contribution in [0.4, 0.5) is 0 Å². The minimum Gasteiger partial charge on any atom is -0.352 e. The molecule has 1 fully saturated rings. The summed E-state index contributed by atoms with van der Waals surface area (Å²) < 4.78 is 5.22. The van der Waals surface area contributed by atoms with Crippen LogP contribution in [0.2, 0.25) is 0 Å². The van der Waals surface area contributed by atoms with Crippen molar-refractivity contribution >= 4 is 17.0 Å². The zero-order chi connectivity index (χ0) is 14.1. The summed E-state index contributed by atoms with van der Waals surface area (Å²) in [6, 6.07) is 1.88. The van der Waals surface area contributed by atoms with Gasteiger partial charge in [-0.15, -0.1) is 0 Å². The molecule has 0 radical (unpaired) electrons. The molecule has 1 aliphatic carbocycles. The van der Waals surface area contributed by atoms with E-state index in [1.54, 1.807) is 0 Å². The molecule has 0 bridgehead atoms. The number of aromatic nitrogens is 2. The van der Waals surface area contributed by atoms with E-state index in [4.69, 9.17) is 10.3 Å². The summed E-state index contributed by atoms with van der Waals surface area (Å²) in [6.45, 7) is 2.95. The van der Waals surface area contributed by atoms with E-state index in [1.165, 1.54) is 0 Å². The van der Waals surface area contributed by atoms with E-state index in [-0.39, 0.29) is 5.91 Å². The monoisotopic (exact) mass is 274 g/mol. The van der Waals surface area contributed by atoms with Crippen molar-refractivity contribution in [3.63, 3.8) is 0 Å². The number of hydrogen-bond acceptors (Lipinski definition) is 5. The van der Waals surface area contributed by atoms with Crippen LogP contribution < -0.4 is 11.1 Å². The number of pyridine rings is 1.